The molecule has 0 aliphatic carbocycles. The number of anilines is 2. The van der Waals surface area contributed by atoms with Crippen LogP contribution in [-0.4, -0.2) is 51.1 Å². The minimum atomic E-state index is -0.0977. The highest BCUT2D eigenvalue weighted by Crippen LogP contribution is 2.27. The number of methoxy groups -OCH3 is 1. The van der Waals surface area contributed by atoms with Gasteiger partial charge in [0.25, 0.3) is 5.91 Å². The van der Waals surface area contributed by atoms with Gasteiger partial charge in [0.05, 0.1) is 18.0 Å². The maximum atomic E-state index is 12.7. The predicted octanol–water partition coefficient (Wildman–Crippen LogP) is 2.84. The first-order chi connectivity index (χ1) is 12.2. The van der Waals surface area contributed by atoms with Crippen LogP contribution in [0.15, 0.2) is 48.5 Å². The van der Waals surface area contributed by atoms with Crippen LogP contribution in [0.4, 0.5) is 11.4 Å². The molecule has 5 heteroatoms. The molecule has 1 N–H and O–H groups in total. The highest BCUT2D eigenvalue weighted by atomic mass is 16.5. The van der Waals surface area contributed by atoms with E-state index < -0.39 is 0 Å². The zero-order valence-corrected chi connectivity index (χ0v) is 14.9. The number of likely N-dealkylation sites (N-methyl/N-ethyl adjacent to an activating group) is 1. The van der Waals surface area contributed by atoms with Crippen molar-refractivity contribution in [3.05, 3.63) is 59.7 Å². The molecule has 1 amide bonds. The number of hydrogen-bond acceptors (Lipinski definition) is 4. The molecule has 132 valence electrons. The van der Waals surface area contributed by atoms with Gasteiger partial charge in [-0.05, 0) is 36.9 Å². The maximum absolute atomic E-state index is 12.7. The molecule has 0 atom stereocenters. The minimum Gasteiger partial charge on any atom is -0.380 e. The summed E-state index contributed by atoms with van der Waals surface area (Å²) in [5.41, 5.74) is 3.57. The number of ether oxygens (including phenoxy) is 1. The molecule has 2 aromatic carbocycles. The quantitative estimate of drug-likeness (QED) is 0.910. The average molecular weight is 339 g/mol. The van der Waals surface area contributed by atoms with Gasteiger partial charge in [0.2, 0.25) is 0 Å². The fraction of sp³-hybridized carbons (Fsp3) is 0.350. The number of amides is 1. The Morgan fingerprint density at radius 2 is 1.84 bits per heavy atom. The van der Waals surface area contributed by atoms with Crippen LogP contribution >= 0.6 is 0 Å². The highest BCUT2D eigenvalue weighted by molar-refractivity contribution is 6.06. The topological polar surface area (TPSA) is 44.8 Å². The zero-order valence-electron chi connectivity index (χ0n) is 14.9. The van der Waals surface area contributed by atoms with Crippen LogP contribution in [0.3, 0.4) is 0 Å². The molecular formula is C20H25N3O2. The number of carbonyl (C=O) groups excluding carboxylic acids is 1. The lowest BCUT2D eigenvalue weighted by Crippen LogP contribution is -2.44. The number of para-hydroxylation sites is 2. The number of rotatable bonds is 5. The monoisotopic (exact) mass is 339 g/mol. The number of nitrogens with one attached hydrogen (secondary N) is 1. The van der Waals surface area contributed by atoms with Crippen molar-refractivity contribution >= 4 is 17.3 Å². The smallest absolute Gasteiger partial charge is 0.255 e. The number of hydrogen-bond donors (Lipinski definition) is 1. The van der Waals surface area contributed by atoms with Gasteiger partial charge in [-0.2, -0.15) is 0 Å². The second-order valence-corrected chi connectivity index (χ2v) is 6.39. The van der Waals surface area contributed by atoms with E-state index in [4.69, 9.17) is 4.74 Å². The van der Waals surface area contributed by atoms with Gasteiger partial charge >= 0.3 is 0 Å². The van der Waals surface area contributed by atoms with Crippen LogP contribution in [0, 0.1) is 0 Å². The van der Waals surface area contributed by atoms with Crippen molar-refractivity contribution in [1.29, 1.82) is 0 Å². The van der Waals surface area contributed by atoms with E-state index in [9.17, 15) is 4.79 Å². The lowest BCUT2D eigenvalue weighted by molar-refractivity contribution is 0.102. The Labute approximate surface area is 149 Å². The standard InChI is InChI=1S/C20H25N3O2/c1-22-10-12-23(13-11-22)19-9-4-3-8-18(19)21-20(24)17-7-5-6-16(14-17)15-25-2/h3-9,14H,10-13,15H2,1-2H3,(H,21,24). The van der Waals surface area contributed by atoms with E-state index in [0.29, 0.717) is 12.2 Å². The van der Waals surface area contributed by atoms with Crippen LogP contribution in [-0.2, 0) is 11.3 Å². The molecule has 0 radical (unpaired) electrons. The third-order valence-electron chi connectivity index (χ3n) is 4.50. The van der Waals surface area contributed by atoms with Gasteiger partial charge in [0.1, 0.15) is 0 Å². The van der Waals surface area contributed by atoms with Crippen LogP contribution in [0.1, 0.15) is 15.9 Å². The van der Waals surface area contributed by atoms with Crippen molar-refractivity contribution in [3.8, 4) is 0 Å². The van der Waals surface area contributed by atoms with Crippen molar-refractivity contribution in [1.82, 2.24) is 4.90 Å². The molecule has 0 saturated carbocycles. The number of piperazine rings is 1. The van der Waals surface area contributed by atoms with Crippen molar-refractivity contribution < 1.29 is 9.53 Å². The SMILES string of the molecule is COCc1cccc(C(=O)Nc2ccccc2N2CCN(C)CC2)c1. The average Bonchev–Trinajstić information content (AvgIpc) is 2.63. The number of benzene rings is 2. The van der Waals surface area contributed by atoms with Gasteiger partial charge in [-0.25, -0.2) is 0 Å². The second-order valence-electron chi connectivity index (χ2n) is 6.39. The molecule has 1 fully saturated rings. The number of nitrogens with zero attached hydrogens (tertiary/aromatic N) is 2. The fourth-order valence-electron chi connectivity index (χ4n) is 3.07. The Morgan fingerprint density at radius 3 is 2.60 bits per heavy atom. The lowest BCUT2D eigenvalue weighted by Gasteiger charge is -2.35. The Bertz CT molecular complexity index is 724. The maximum Gasteiger partial charge on any atom is 0.255 e. The fourth-order valence-corrected chi connectivity index (χ4v) is 3.07. The van der Waals surface area contributed by atoms with Crippen molar-refractivity contribution in [2.24, 2.45) is 0 Å². The summed E-state index contributed by atoms with van der Waals surface area (Å²) in [6, 6.07) is 15.5. The molecule has 2 aromatic rings. The molecule has 1 aliphatic rings. The third kappa shape index (κ3) is 4.38. The summed E-state index contributed by atoms with van der Waals surface area (Å²) >= 11 is 0. The molecule has 0 aromatic heterocycles. The van der Waals surface area contributed by atoms with Crippen LogP contribution in [0.2, 0.25) is 0 Å². The van der Waals surface area contributed by atoms with E-state index in [1.54, 1.807) is 7.11 Å². The summed E-state index contributed by atoms with van der Waals surface area (Å²) in [4.78, 5) is 17.3. The first kappa shape index (κ1) is 17.5. The molecule has 1 aliphatic heterocycles. The summed E-state index contributed by atoms with van der Waals surface area (Å²) in [5.74, 6) is -0.0977. The Kier molecular flexibility index (Phi) is 5.68. The lowest BCUT2D eigenvalue weighted by atomic mass is 10.1. The molecule has 0 unspecified atom stereocenters. The van der Waals surface area contributed by atoms with E-state index in [0.717, 1.165) is 43.1 Å². The molecule has 25 heavy (non-hydrogen) atoms. The summed E-state index contributed by atoms with van der Waals surface area (Å²) in [5, 5.41) is 3.07. The van der Waals surface area contributed by atoms with E-state index in [2.05, 4.69) is 28.2 Å². The first-order valence-electron chi connectivity index (χ1n) is 8.59. The van der Waals surface area contributed by atoms with Gasteiger partial charge < -0.3 is 19.9 Å². The molecule has 0 spiro atoms. The summed E-state index contributed by atoms with van der Waals surface area (Å²) in [7, 11) is 3.79. The van der Waals surface area contributed by atoms with Crippen molar-refractivity contribution in [2.45, 2.75) is 6.61 Å². The van der Waals surface area contributed by atoms with E-state index >= 15 is 0 Å². The molecule has 3 rings (SSSR count). The predicted molar refractivity (Wildman–Crippen MR) is 101 cm³/mol. The zero-order chi connectivity index (χ0) is 17.6. The van der Waals surface area contributed by atoms with E-state index in [-0.39, 0.29) is 5.91 Å². The number of carbonyl (C=O) groups is 1. The second kappa shape index (κ2) is 8.14. The molecule has 0 bridgehead atoms. The molecular weight excluding hydrogens is 314 g/mol. The molecule has 1 saturated heterocycles. The summed E-state index contributed by atoms with van der Waals surface area (Å²) in [6.45, 7) is 4.49. The van der Waals surface area contributed by atoms with Gasteiger partial charge in [-0.3, -0.25) is 4.79 Å². The van der Waals surface area contributed by atoms with Gasteiger partial charge in [0, 0.05) is 38.9 Å². The van der Waals surface area contributed by atoms with Crippen molar-refractivity contribution in [3.63, 3.8) is 0 Å². The summed E-state index contributed by atoms with van der Waals surface area (Å²) < 4.78 is 5.15. The third-order valence-corrected chi connectivity index (χ3v) is 4.50. The van der Waals surface area contributed by atoms with Crippen molar-refractivity contribution in [2.75, 3.05) is 50.6 Å². The van der Waals surface area contributed by atoms with Gasteiger partial charge in [0.15, 0.2) is 0 Å². The van der Waals surface area contributed by atoms with E-state index in [1.165, 1.54) is 0 Å². The Hall–Kier alpha value is -2.37. The summed E-state index contributed by atoms with van der Waals surface area (Å²) in [6.07, 6.45) is 0. The van der Waals surface area contributed by atoms with Crippen LogP contribution in [0.25, 0.3) is 0 Å². The van der Waals surface area contributed by atoms with Gasteiger partial charge in [-0.1, -0.05) is 24.3 Å². The minimum absolute atomic E-state index is 0.0977. The largest absolute Gasteiger partial charge is 0.380 e. The van der Waals surface area contributed by atoms with Crippen LogP contribution in [0.5, 0.6) is 0 Å². The Balaban J connectivity index is 1.76. The van der Waals surface area contributed by atoms with Gasteiger partial charge in [-0.15, -0.1) is 0 Å². The first-order valence-corrected chi connectivity index (χ1v) is 8.59. The van der Waals surface area contributed by atoms with E-state index in [1.807, 2.05) is 42.5 Å². The normalized spacial score (nSPS) is 15.2. The van der Waals surface area contributed by atoms with Crippen LogP contribution < -0.4 is 10.2 Å². The Morgan fingerprint density at radius 1 is 1.08 bits per heavy atom. The molecule has 1 heterocycles. The highest BCUT2D eigenvalue weighted by Gasteiger charge is 2.18. The molecule has 5 nitrogen and oxygen atoms in total.